The number of thiazole rings is 1. The molecule has 0 aliphatic carbocycles. The van der Waals surface area contributed by atoms with E-state index in [1.54, 1.807) is 16.7 Å². The highest BCUT2D eigenvalue weighted by Gasteiger charge is 2.29. The SMILES string of the molecule is CCn1nc(C)cc1C(=O)N(CC1CCCO1)c1nc2cc(OC)ccc2s1. The van der Waals surface area contributed by atoms with Crippen LogP contribution >= 0.6 is 11.3 Å². The highest BCUT2D eigenvalue weighted by molar-refractivity contribution is 7.22. The Morgan fingerprint density at radius 3 is 3.00 bits per heavy atom. The van der Waals surface area contributed by atoms with Crippen LogP contribution in [-0.4, -0.2) is 47.0 Å². The van der Waals surface area contributed by atoms with Crippen molar-refractivity contribution in [2.45, 2.75) is 39.3 Å². The van der Waals surface area contributed by atoms with Crippen LogP contribution in [0.5, 0.6) is 5.75 Å². The van der Waals surface area contributed by atoms with Gasteiger partial charge in [-0.3, -0.25) is 14.4 Å². The highest BCUT2D eigenvalue weighted by Crippen LogP contribution is 2.32. The highest BCUT2D eigenvalue weighted by atomic mass is 32.1. The van der Waals surface area contributed by atoms with E-state index < -0.39 is 0 Å². The molecule has 7 nitrogen and oxygen atoms in total. The van der Waals surface area contributed by atoms with Crippen molar-refractivity contribution in [1.82, 2.24) is 14.8 Å². The molecule has 0 spiro atoms. The lowest BCUT2D eigenvalue weighted by molar-refractivity contribution is 0.0908. The lowest BCUT2D eigenvalue weighted by Crippen LogP contribution is -2.38. The first-order valence-electron chi connectivity index (χ1n) is 9.51. The summed E-state index contributed by atoms with van der Waals surface area (Å²) in [6.45, 7) is 5.76. The molecule has 1 aromatic carbocycles. The van der Waals surface area contributed by atoms with E-state index >= 15 is 0 Å². The minimum atomic E-state index is -0.0935. The first-order chi connectivity index (χ1) is 13.6. The van der Waals surface area contributed by atoms with Gasteiger partial charge in [-0.15, -0.1) is 0 Å². The molecular weight excluding hydrogens is 376 g/mol. The van der Waals surface area contributed by atoms with Crippen LogP contribution in [-0.2, 0) is 11.3 Å². The van der Waals surface area contributed by atoms with Gasteiger partial charge in [0.1, 0.15) is 11.4 Å². The van der Waals surface area contributed by atoms with E-state index in [4.69, 9.17) is 14.5 Å². The molecule has 1 fully saturated rings. The van der Waals surface area contributed by atoms with Crippen LogP contribution in [0.1, 0.15) is 35.9 Å². The Kier molecular flexibility index (Phi) is 5.32. The Morgan fingerprint density at radius 2 is 2.29 bits per heavy atom. The zero-order valence-electron chi connectivity index (χ0n) is 16.3. The fraction of sp³-hybridized carbons (Fsp3) is 0.450. The molecule has 8 heteroatoms. The smallest absolute Gasteiger partial charge is 0.278 e. The lowest BCUT2D eigenvalue weighted by atomic mass is 10.2. The number of hydrogen-bond donors (Lipinski definition) is 0. The van der Waals surface area contributed by atoms with Crippen LogP contribution in [0.4, 0.5) is 5.13 Å². The van der Waals surface area contributed by atoms with E-state index in [1.807, 2.05) is 38.1 Å². The molecule has 1 atom stereocenters. The third kappa shape index (κ3) is 3.62. The monoisotopic (exact) mass is 400 g/mol. The quantitative estimate of drug-likeness (QED) is 0.632. The normalized spacial score (nSPS) is 16.6. The summed E-state index contributed by atoms with van der Waals surface area (Å²) in [4.78, 5) is 20.0. The molecule has 2 aromatic heterocycles. The summed E-state index contributed by atoms with van der Waals surface area (Å²) in [5.41, 5.74) is 2.23. The van der Waals surface area contributed by atoms with Crippen LogP contribution in [0.3, 0.4) is 0 Å². The number of nitrogens with zero attached hydrogens (tertiary/aromatic N) is 4. The summed E-state index contributed by atoms with van der Waals surface area (Å²) in [7, 11) is 1.63. The number of ether oxygens (including phenoxy) is 2. The van der Waals surface area contributed by atoms with Crippen molar-refractivity contribution in [3.63, 3.8) is 0 Å². The number of aromatic nitrogens is 3. The van der Waals surface area contributed by atoms with Gasteiger partial charge in [0.05, 0.1) is 35.7 Å². The van der Waals surface area contributed by atoms with Gasteiger partial charge in [-0.25, -0.2) is 4.98 Å². The van der Waals surface area contributed by atoms with E-state index in [1.165, 1.54) is 11.3 Å². The number of anilines is 1. The summed E-state index contributed by atoms with van der Waals surface area (Å²) in [5.74, 6) is 0.657. The Hall–Kier alpha value is -2.45. The Labute approximate surface area is 167 Å². The molecule has 148 valence electrons. The van der Waals surface area contributed by atoms with Crippen molar-refractivity contribution in [1.29, 1.82) is 0 Å². The fourth-order valence-electron chi connectivity index (χ4n) is 3.47. The van der Waals surface area contributed by atoms with Crippen molar-refractivity contribution in [3.8, 4) is 5.75 Å². The maximum atomic E-state index is 13.5. The van der Waals surface area contributed by atoms with Crippen molar-refractivity contribution in [2.75, 3.05) is 25.2 Å². The average Bonchev–Trinajstić information content (AvgIpc) is 3.43. The van der Waals surface area contributed by atoms with Gasteiger partial charge in [0, 0.05) is 19.2 Å². The molecular formula is C20H24N4O3S. The van der Waals surface area contributed by atoms with Gasteiger partial charge in [0.15, 0.2) is 5.13 Å². The Morgan fingerprint density at radius 1 is 1.43 bits per heavy atom. The molecule has 1 aliphatic rings. The number of rotatable bonds is 6. The maximum Gasteiger partial charge on any atom is 0.278 e. The number of hydrogen-bond acceptors (Lipinski definition) is 6. The Balaban J connectivity index is 1.73. The van der Waals surface area contributed by atoms with Gasteiger partial charge in [0.25, 0.3) is 5.91 Å². The molecule has 1 unspecified atom stereocenters. The van der Waals surface area contributed by atoms with Crippen molar-refractivity contribution in [2.24, 2.45) is 0 Å². The van der Waals surface area contributed by atoms with Gasteiger partial charge in [-0.05, 0) is 44.9 Å². The van der Waals surface area contributed by atoms with Crippen molar-refractivity contribution < 1.29 is 14.3 Å². The molecule has 1 saturated heterocycles. The van der Waals surface area contributed by atoms with Crippen LogP contribution in [0, 0.1) is 6.92 Å². The minimum Gasteiger partial charge on any atom is -0.497 e. The first-order valence-corrected chi connectivity index (χ1v) is 10.3. The van der Waals surface area contributed by atoms with Crippen molar-refractivity contribution in [3.05, 3.63) is 35.7 Å². The van der Waals surface area contributed by atoms with Gasteiger partial charge in [-0.1, -0.05) is 11.3 Å². The van der Waals surface area contributed by atoms with Gasteiger partial charge in [0.2, 0.25) is 0 Å². The predicted molar refractivity (Wildman–Crippen MR) is 109 cm³/mol. The van der Waals surface area contributed by atoms with E-state index in [2.05, 4.69) is 5.10 Å². The largest absolute Gasteiger partial charge is 0.497 e. The lowest BCUT2D eigenvalue weighted by Gasteiger charge is -2.23. The topological polar surface area (TPSA) is 69.5 Å². The van der Waals surface area contributed by atoms with Crippen LogP contribution < -0.4 is 9.64 Å². The summed E-state index contributed by atoms with van der Waals surface area (Å²) in [5, 5.41) is 5.10. The number of fused-ring (bicyclic) bond motifs is 1. The third-order valence-corrected chi connectivity index (χ3v) is 5.95. The molecule has 3 heterocycles. The van der Waals surface area contributed by atoms with Crippen LogP contribution in [0.25, 0.3) is 10.2 Å². The van der Waals surface area contributed by atoms with E-state index in [9.17, 15) is 4.79 Å². The summed E-state index contributed by atoms with van der Waals surface area (Å²) >= 11 is 1.50. The molecule has 3 aromatic rings. The molecule has 1 aliphatic heterocycles. The van der Waals surface area contributed by atoms with E-state index in [-0.39, 0.29) is 12.0 Å². The van der Waals surface area contributed by atoms with Gasteiger partial charge in [-0.2, -0.15) is 5.10 Å². The Bertz CT molecular complexity index is 991. The molecule has 1 amide bonds. The molecule has 0 bridgehead atoms. The fourth-order valence-corrected chi connectivity index (χ4v) is 4.43. The maximum absolute atomic E-state index is 13.5. The standard InChI is InChI=1S/C20H24N4O3S/c1-4-24-17(10-13(2)22-24)19(25)23(12-15-6-5-9-27-15)20-21-16-11-14(26-3)7-8-18(16)28-20/h7-8,10-11,15H,4-6,9,12H2,1-3H3. The van der Waals surface area contributed by atoms with Crippen LogP contribution in [0.2, 0.25) is 0 Å². The van der Waals surface area contributed by atoms with E-state index in [0.29, 0.717) is 23.9 Å². The molecule has 0 N–H and O–H groups in total. The first kappa shape index (κ1) is 18.9. The van der Waals surface area contributed by atoms with Gasteiger partial charge < -0.3 is 9.47 Å². The predicted octanol–water partition coefficient (Wildman–Crippen LogP) is 3.66. The van der Waals surface area contributed by atoms with Gasteiger partial charge >= 0.3 is 0 Å². The number of methoxy groups -OCH3 is 1. The molecule has 4 rings (SSSR count). The number of benzene rings is 1. The number of carbonyl (C=O) groups is 1. The molecule has 0 saturated carbocycles. The number of aryl methyl sites for hydroxylation is 2. The molecule has 0 radical (unpaired) electrons. The zero-order chi connectivity index (χ0) is 19.7. The second-order valence-corrected chi connectivity index (χ2v) is 7.88. The summed E-state index contributed by atoms with van der Waals surface area (Å²) in [6.07, 6.45) is 2.01. The summed E-state index contributed by atoms with van der Waals surface area (Å²) < 4.78 is 13.9. The average molecular weight is 401 g/mol. The number of amides is 1. The number of carbonyl (C=O) groups excluding carboxylic acids is 1. The zero-order valence-corrected chi connectivity index (χ0v) is 17.2. The second kappa shape index (κ2) is 7.89. The second-order valence-electron chi connectivity index (χ2n) is 6.87. The van der Waals surface area contributed by atoms with E-state index in [0.717, 1.165) is 41.1 Å². The summed E-state index contributed by atoms with van der Waals surface area (Å²) in [6, 6.07) is 7.62. The van der Waals surface area contributed by atoms with Crippen LogP contribution in [0.15, 0.2) is 24.3 Å². The molecule has 28 heavy (non-hydrogen) atoms. The minimum absolute atomic E-state index is 0.0320. The third-order valence-electron chi connectivity index (χ3n) is 4.89. The van der Waals surface area contributed by atoms with Crippen molar-refractivity contribution >= 4 is 32.6 Å².